The van der Waals surface area contributed by atoms with Crippen molar-refractivity contribution in [1.29, 1.82) is 0 Å². The molecule has 0 aromatic carbocycles. The molecule has 0 aliphatic rings. The Balaban J connectivity index is 3.64. The van der Waals surface area contributed by atoms with Crippen LogP contribution < -0.4 is 0 Å². The molecular weight excluding hydrogens is 200 g/mol. The van der Waals surface area contributed by atoms with Crippen molar-refractivity contribution in [1.82, 2.24) is 0 Å². The second-order valence-corrected chi connectivity index (χ2v) is 4.28. The smallest absolute Gasteiger partial charge is 0.0833 e. The van der Waals surface area contributed by atoms with E-state index in [0.717, 1.165) is 32.1 Å². The first-order valence-electron chi connectivity index (χ1n) is 6.66. The Kier molecular flexibility index (Phi) is 10.9. The molecular formula is C14H28O2. The molecule has 0 aliphatic heterocycles. The summed E-state index contributed by atoms with van der Waals surface area (Å²) in [6, 6.07) is 0. The second kappa shape index (κ2) is 11.2. The van der Waals surface area contributed by atoms with E-state index in [9.17, 15) is 5.11 Å². The fourth-order valence-electron chi connectivity index (χ4n) is 1.89. The van der Waals surface area contributed by atoms with E-state index in [2.05, 4.69) is 13.5 Å². The minimum Gasteiger partial charge on any atom is -0.390 e. The monoisotopic (exact) mass is 228 g/mol. The summed E-state index contributed by atoms with van der Waals surface area (Å²) < 4.78 is 5.56. The molecule has 16 heavy (non-hydrogen) atoms. The molecule has 1 N–H and O–H groups in total. The van der Waals surface area contributed by atoms with Gasteiger partial charge in [-0.2, -0.15) is 0 Å². The molecule has 96 valence electrons. The van der Waals surface area contributed by atoms with Gasteiger partial charge in [0.25, 0.3) is 0 Å². The van der Waals surface area contributed by atoms with Crippen LogP contribution in [0.1, 0.15) is 58.8 Å². The number of unbranched alkanes of at least 4 members (excludes halogenated alkanes) is 3. The molecule has 0 spiro atoms. The predicted molar refractivity (Wildman–Crippen MR) is 69.6 cm³/mol. The van der Waals surface area contributed by atoms with E-state index in [1.807, 2.05) is 13.0 Å². The van der Waals surface area contributed by atoms with Crippen molar-refractivity contribution in [2.24, 2.45) is 0 Å². The number of hydrogen-bond donors (Lipinski definition) is 1. The first kappa shape index (κ1) is 15.7. The summed E-state index contributed by atoms with van der Waals surface area (Å²) >= 11 is 0. The molecule has 0 aromatic heterocycles. The Labute approximate surface area is 101 Å². The van der Waals surface area contributed by atoms with Crippen molar-refractivity contribution in [2.75, 3.05) is 6.61 Å². The summed E-state index contributed by atoms with van der Waals surface area (Å²) in [5, 5.41) is 9.98. The number of aliphatic hydroxyl groups excluding tert-OH is 1. The van der Waals surface area contributed by atoms with Crippen LogP contribution in [-0.2, 0) is 4.74 Å². The highest BCUT2D eigenvalue weighted by Gasteiger charge is 2.17. The normalized spacial score (nSPS) is 14.7. The third-order valence-electron chi connectivity index (χ3n) is 2.79. The zero-order valence-corrected chi connectivity index (χ0v) is 11.0. The summed E-state index contributed by atoms with van der Waals surface area (Å²) in [7, 11) is 0. The predicted octanol–water partition coefficient (Wildman–Crippen LogP) is 3.69. The third kappa shape index (κ3) is 7.89. The molecule has 2 heteroatoms. The highest BCUT2D eigenvalue weighted by Crippen LogP contribution is 2.14. The van der Waals surface area contributed by atoms with E-state index in [4.69, 9.17) is 4.74 Å². The number of allylic oxidation sites excluding steroid dienone is 1. The number of rotatable bonds is 11. The molecule has 2 unspecified atom stereocenters. The van der Waals surface area contributed by atoms with Gasteiger partial charge in [-0.25, -0.2) is 0 Å². The molecule has 2 nitrogen and oxygen atoms in total. The van der Waals surface area contributed by atoms with Crippen LogP contribution >= 0.6 is 0 Å². The largest absolute Gasteiger partial charge is 0.390 e. The Bertz CT molecular complexity index is 151. The number of ether oxygens (including phenoxy) is 1. The van der Waals surface area contributed by atoms with E-state index in [-0.39, 0.29) is 12.2 Å². The van der Waals surface area contributed by atoms with Crippen LogP contribution in [0.25, 0.3) is 0 Å². The van der Waals surface area contributed by atoms with Crippen LogP contribution in [0.4, 0.5) is 0 Å². The maximum atomic E-state index is 9.98. The molecule has 0 saturated heterocycles. The topological polar surface area (TPSA) is 29.5 Å². The van der Waals surface area contributed by atoms with Gasteiger partial charge in [0.05, 0.1) is 12.2 Å². The average Bonchev–Trinajstić information content (AvgIpc) is 2.28. The summed E-state index contributed by atoms with van der Waals surface area (Å²) in [4.78, 5) is 0. The molecule has 0 fully saturated rings. The fourth-order valence-corrected chi connectivity index (χ4v) is 1.89. The third-order valence-corrected chi connectivity index (χ3v) is 2.79. The van der Waals surface area contributed by atoms with Crippen LogP contribution in [0.15, 0.2) is 12.7 Å². The lowest BCUT2D eigenvalue weighted by Gasteiger charge is -2.22. The van der Waals surface area contributed by atoms with Gasteiger partial charge in [-0.3, -0.25) is 0 Å². The van der Waals surface area contributed by atoms with Gasteiger partial charge < -0.3 is 9.84 Å². The van der Waals surface area contributed by atoms with Gasteiger partial charge in [0.1, 0.15) is 0 Å². The lowest BCUT2D eigenvalue weighted by Crippen LogP contribution is -2.29. The van der Waals surface area contributed by atoms with Gasteiger partial charge in [-0.05, 0) is 32.6 Å². The lowest BCUT2D eigenvalue weighted by molar-refractivity contribution is -0.0408. The van der Waals surface area contributed by atoms with Gasteiger partial charge in [-0.1, -0.05) is 32.3 Å². The van der Waals surface area contributed by atoms with Crippen molar-refractivity contribution in [3.63, 3.8) is 0 Å². The Morgan fingerprint density at radius 2 is 1.94 bits per heavy atom. The zero-order valence-electron chi connectivity index (χ0n) is 11.0. The first-order valence-corrected chi connectivity index (χ1v) is 6.66. The van der Waals surface area contributed by atoms with Gasteiger partial charge >= 0.3 is 0 Å². The molecule has 0 radical (unpaired) electrons. The van der Waals surface area contributed by atoms with E-state index in [0.29, 0.717) is 6.61 Å². The molecule has 0 saturated carbocycles. The molecule has 0 aliphatic carbocycles. The zero-order chi connectivity index (χ0) is 12.2. The van der Waals surface area contributed by atoms with E-state index >= 15 is 0 Å². The highest BCUT2D eigenvalue weighted by atomic mass is 16.5. The van der Waals surface area contributed by atoms with Gasteiger partial charge in [0.2, 0.25) is 0 Å². The van der Waals surface area contributed by atoms with Crippen LogP contribution in [0.3, 0.4) is 0 Å². The van der Waals surface area contributed by atoms with Crippen LogP contribution in [-0.4, -0.2) is 23.9 Å². The van der Waals surface area contributed by atoms with E-state index in [1.54, 1.807) is 0 Å². The standard InChI is InChI=1S/C14H28O2/c1-4-7-8-9-10-12-13(15)14(11-5-2)16-6-3/h4,13-15H,1,5-12H2,2-3H3. The van der Waals surface area contributed by atoms with E-state index < -0.39 is 0 Å². The van der Waals surface area contributed by atoms with Gasteiger partial charge in [0, 0.05) is 6.61 Å². The summed E-state index contributed by atoms with van der Waals surface area (Å²) in [5.41, 5.74) is 0. The summed E-state index contributed by atoms with van der Waals surface area (Å²) in [6.45, 7) is 8.51. The summed E-state index contributed by atoms with van der Waals surface area (Å²) in [6.07, 6.45) is 9.12. The molecule has 0 amide bonds. The number of hydrogen-bond acceptors (Lipinski definition) is 2. The Morgan fingerprint density at radius 1 is 1.19 bits per heavy atom. The SMILES string of the molecule is C=CCCCCCC(O)C(CCC)OCC. The molecule has 2 atom stereocenters. The van der Waals surface area contributed by atoms with E-state index in [1.165, 1.54) is 12.8 Å². The Hall–Kier alpha value is -0.340. The van der Waals surface area contributed by atoms with Gasteiger partial charge in [0.15, 0.2) is 0 Å². The van der Waals surface area contributed by atoms with Crippen molar-refractivity contribution in [3.8, 4) is 0 Å². The minimum absolute atomic E-state index is 0.0365. The molecule has 0 aromatic rings. The van der Waals surface area contributed by atoms with Crippen molar-refractivity contribution in [2.45, 2.75) is 71.0 Å². The second-order valence-electron chi connectivity index (χ2n) is 4.28. The van der Waals surface area contributed by atoms with Gasteiger partial charge in [-0.15, -0.1) is 6.58 Å². The molecule has 0 bridgehead atoms. The minimum atomic E-state index is -0.288. The molecule has 0 heterocycles. The maximum absolute atomic E-state index is 9.98. The van der Waals surface area contributed by atoms with Crippen molar-refractivity contribution < 1.29 is 9.84 Å². The van der Waals surface area contributed by atoms with Crippen LogP contribution in [0.2, 0.25) is 0 Å². The number of aliphatic hydroxyl groups is 1. The lowest BCUT2D eigenvalue weighted by atomic mass is 10.0. The quantitative estimate of drug-likeness (QED) is 0.432. The maximum Gasteiger partial charge on any atom is 0.0833 e. The van der Waals surface area contributed by atoms with Crippen LogP contribution in [0, 0.1) is 0 Å². The Morgan fingerprint density at radius 3 is 2.50 bits per heavy atom. The average molecular weight is 228 g/mol. The fraction of sp³-hybridized carbons (Fsp3) is 0.857. The summed E-state index contributed by atoms with van der Waals surface area (Å²) in [5.74, 6) is 0. The first-order chi connectivity index (χ1) is 7.76. The van der Waals surface area contributed by atoms with Crippen LogP contribution in [0.5, 0.6) is 0 Å². The highest BCUT2D eigenvalue weighted by molar-refractivity contribution is 4.70. The van der Waals surface area contributed by atoms with Crippen molar-refractivity contribution >= 4 is 0 Å². The molecule has 0 rings (SSSR count). The van der Waals surface area contributed by atoms with Crippen molar-refractivity contribution in [3.05, 3.63) is 12.7 Å².